The molecule has 0 amide bonds. The van der Waals surface area contributed by atoms with Crippen LogP contribution in [0.4, 0.5) is 0 Å². The van der Waals surface area contributed by atoms with E-state index >= 15 is 0 Å². The van der Waals surface area contributed by atoms with E-state index in [9.17, 15) is 14.4 Å². The number of unbranched alkanes of at least 4 members (excludes halogenated alkanes) is 28. The zero-order chi connectivity index (χ0) is 46.5. The van der Waals surface area contributed by atoms with Crippen molar-refractivity contribution in [1.29, 1.82) is 0 Å². The molecule has 0 saturated heterocycles. The molecule has 6 nitrogen and oxygen atoms in total. The molecule has 0 heterocycles. The van der Waals surface area contributed by atoms with Gasteiger partial charge in [-0.3, -0.25) is 14.4 Å². The maximum atomic E-state index is 12.8. The maximum absolute atomic E-state index is 12.8. The van der Waals surface area contributed by atoms with E-state index < -0.39 is 6.10 Å². The summed E-state index contributed by atoms with van der Waals surface area (Å²) in [4.78, 5) is 38.0. The first-order chi connectivity index (χ1) is 31.5. The normalized spacial score (nSPS) is 12.6. The quantitative estimate of drug-likeness (QED) is 0.0199. The van der Waals surface area contributed by atoms with Crippen molar-refractivity contribution in [1.82, 2.24) is 0 Å². The van der Waals surface area contributed by atoms with Crippen LogP contribution in [0.25, 0.3) is 0 Å². The van der Waals surface area contributed by atoms with Gasteiger partial charge in [-0.15, -0.1) is 0 Å². The first-order valence-corrected chi connectivity index (χ1v) is 27.0. The van der Waals surface area contributed by atoms with Gasteiger partial charge in [-0.05, 0) is 70.6 Å². The van der Waals surface area contributed by atoms with Gasteiger partial charge in [0, 0.05) is 19.3 Å². The number of carbonyl (C=O) groups is 3. The largest absolute Gasteiger partial charge is 0.462 e. The van der Waals surface area contributed by atoms with Gasteiger partial charge in [-0.2, -0.15) is 0 Å². The molecular weight excluding hydrogens is 793 g/mol. The highest BCUT2D eigenvalue weighted by Crippen LogP contribution is 2.16. The molecule has 0 aliphatic heterocycles. The van der Waals surface area contributed by atoms with Crippen LogP contribution in [-0.2, 0) is 28.6 Å². The van der Waals surface area contributed by atoms with Gasteiger partial charge >= 0.3 is 17.9 Å². The highest BCUT2D eigenvalue weighted by atomic mass is 16.6. The molecule has 0 aromatic heterocycles. The van der Waals surface area contributed by atoms with E-state index in [1.165, 1.54) is 135 Å². The number of carbonyl (C=O) groups excluding carboxylic acids is 3. The highest BCUT2D eigenvalue weighted by Gasteiger charge is 2.19. The van der Waals surface area contributed by atoms with Crippen molar-refractivity contribution in [2.24, 2.45) is 0 Å². The van der Waals surface area contributed by atoms with Crippen LogP contribution in [0.15, 0.2) is 72.9 Å². The number of hydrogen-bond donors (Lipinski definition) is 0. The van der Waals surface area contributed by atoms with Gasteiger partial charge in [0.1, 0.15) is 13.2 Å². The van der Waals surface area contributed by atoms with E-state index in [2.05, 4.69) is 63.3 Å². The van der Waals surface area contributed by atoms with Crippen molar-refractivity contribution in [3.8, 4) is 0 Å². The minimum absolute atomic E-state index is 0.0908. The monoisotopic (exact) mass is 893 g/mol. The molecular formula is C58H100O6. The lowest BCUT2D eigenvalue weighted by Gasteiger charge is -2.18. The standard InChI is InChI=1S/C58H100O6/c1-4-7-10-13-16-19-22-25-27-29-31-33-36-39-42-45-48-51-57(60)63-54-55(53-62-56(59)50-47-44-41-38-35-32-24-21-18-15-12-9-6-3)64-58(61)52-49-46-43-40-37-34-30-28-26-23-20-17-14-11-8-5-2/h9,12,15-16,18-19,21,24-25,27,32,35,55H,4-8,10-11,13-14,17,20,22-23,26,28-31,33-34,36-54H2,1-3H3/b12-9+,18-15+,19-16+,24-21+,27-25+,35-32+. The van der Waals surface area contributed by atoms with Gasteiger partial charge < -0.3 is 14.2 Å². The fourth-order valence-electron chi connectivity index (χ4n) is 7.48. The van der Waals surface area contributed by atoms with E-state index in [-0.39, 0.29) is 31.1 Å². The van der Waals surface area contributed by atoms with Crippen molar-refractivity contribution >= 4 is 17.9 Å². The van der Waals surface area contributed by atoms with Crippen molar-refractivity contribution in [2.75, 3.05) is 13.2 Å². The molecule has 0 fully saturated rings. The molecule has 0 aliphatic rings. The SMILES string of the molecule is CC/C=C/C=C/C=C/C=C/CCCCCC(=O)OCC(COC(=O)CCCCCCCCC/C=C/C/C=C/CCCCC)OC(=O)CCCCCCCCCCCCCCCCCC. The molecule has 368 valence electrons. The molecule has 64 heavy (non-hydrogen) atoms. The molecule has 1 unspecified atom stereocenters. The maximum Gasteiger partial charge on any atom is 0.306 e. The van der Waals surface area contributed by atoms with Gasteiger partial charge in [-0.25, -0.2) is 0 Å². The van der Waals surface area contributed by atoms with Crippen LogP contribution in [0.1, 0.15) is 258 Å². The Bertz CT molecular complexity index is 1210. The van der Waals surface area contributed by atoms with Crippen LogP contribution in [0.3, 0.4) is 0 Å². The van der Waals surface area contributed by atoms with Crippen molar-refractivity contribution in [3.05, 3.63) is 72.9 Å². The minimum Gasteiger partial charge on any atom is -0.462 e. The zero-order valence-electron chi connectivity index (χ0n) is 42.0. The first-order valence-electron chi connectivity index (χ1n) is 27.0. The van der Waals surface area contributed by atoms with Crippen molar-refractivity contribution < 1.29 is 28.6 Å². The molecule has 0 N–H and O–H groups in total. The lowest BCUT2D eigenvalue weighted by atomic mass is 10.0. The number of hydrogen-bond acceptors (Lipinski definition) is 6. The third kappa shape index (κ3) is 49.9. The van der Waals surface area contributed by atoms with E-state index in [1.807, 2.05) is 30.4 Å². The number of allylic oxidation sites excluding steroid dienone is 12. The molecule has 0 aromatic rings. The van der Waals surface area contributed by atoms with Gasteiger partial charge in [0.2, 0.25) is 0 Å². The summed E-state index contributed by atoms with van der Waals surface area (Å²) in [5.41, 5.74) is 0. The predicted molar refractivity (Wildman–Crippen MR) is 274 cm³/mol. The number of rotatable bonds is 48. The predicted octanol–water partition coefficient (Wildman–Crippen LogP) is 17.8. The Morgan fingerprint density at radius 3 is 1.12 bits per heavy atom. The Kier molecular flexibility index (Phi) is 49.9. The van der Waals surface area contributed by atoms with Crippen LogP contribution in [0.5, 0.6) is 0 Å². The Balaban J connectivity index is 4.42. The smallest absolute Gasteiger partial charge is 0.306 e. The Morgan fingerprint density at radius 2 is 0.672 bits per heavy atom. The first kappa shape index (κ1) is 60.9. The van der Waals surface area contributed by atoms with Gasteiger partial charge in [0.25, 0.3) is 0 Å². The minimum atomic E-state index is -0.793. The Labute approximate surface area is 395 Å². The average molecular weight is 893 g/mol. The molecule has 0 aliphatic carbocycles. The summed E-state index contributed by atoms with van der Waals surface area (Å²) in [6.07, 6.45) is 66.0. The summed E-state index contributed by atoms with van der Waals surface area (Å²) in [6, 6.07) is 0. The van der Waals surface area contributed by atoms with Crippen molar-refractivity contribution in [2.45, 2.75) is 264 Å². The van der Waals surface area contributed by atoms with E-state index in [0.717, 1.165) is 83.5 Å². The lowest BCUT2D eigenvalue weighted by Crippen LogP contribution is -2.30. The molecule has 0 saturated carbocycles. The fourth-order valence-corrected chi connectivity index (χ4v) is 7.48. The van der Waals surface area contributed by atoms with Crippen LogP contribution >= 0.6 is 0 Å². The third-order valence-corrected chi connectivity index (χ3v) is 11.5. The summed E-state index contributed by atoms with van der Waals surface area (Å²) in [7, 11) is 0. The molecule has 0 bridgehead atoms. The van der Waals surface area contributed by atoms with Crippen LogP contribution < -0.4 is 0 Å². The van der Waals surface area contributed by atoms with E-state index in [0.29, 0.717) is 19.3 Å². The number of ether oxygens (including phenoxy) is 3. The third-order valence-electron chi connectivity index (χ3n) is 11.5. The van der Waals surface area contributed by atoms with Gasteiger partial charge in [-0.1, -0.05) is 241 Å². The lowest BCUT2D eigenvalue weighted by molar-refractivity contribution is -0.167. The second-order valence-electron chi connectivity index (χ2n) is 17.9. The van der Waals surface area contributed by atoms with Crippen molar-refractivity contribution in [3.63, 3.8) is 0 Å². The number of esters is 3. The molecule has 0 spiro atoms. The van der Waals surface area contributed by atoms with E-state index in [4.69, 9.17) is 14.2 Å². The molecule has 0 radical (unpaired) electrons. The van der Waals surface area contributed by atoms with Crippen LogP contribution in [0, 0.1) is 0 Å². The van der Waals surface area contributed by atoms with Crippen LogP contribution in [-0.4, -0.2) is 37.2 Å². The summed E-state index contributed by atoms with van der Waals surface area (Å²) < 4.78 is 16.8. The Morgan fingerprint density at radius 1 is 0.344 bits per heavy atom. The average Bonchev–Trinajstić information content (AvgIpc) is 3.29. The topological polar surface area (TPSA) is 78.9 Å². The second kappa shape index (κ2) is 52.5. The molecule has 0 rings (SSSR count). The second-order valence-corrected chi connectivity index (χ2v) is 17.9. The molecule has 6 heteroatoms. The van der Waals surface area contributed by atoms with E-state index in [1.54, 1.807) is 0 Å². The van der Waals surface area contributed by atoms with Gasteiger partial charge in [0.15, 0.2) is 6.10 Å². The summed E-state index contributed by atoms with van der Waals surface area (Å²) in [6.45, 7) is 6.45. The fraction of sp³-hybridized carbons (Fsp3) is 0.741. The summed E-state index contributed by atoms with van der Waals surface area (Å²) in [5.74, 6) is -0.932. The van der Waals surface area contributed by atoms with Crippen LogP contribution in [0.2, 0.25) is 0 Å². The zero-order valence-corrected chi connectivity index (χ0v) is 42.0. The summed E-state index contributed by atoms with van der Waals surface area (Å²) in [5, 5.41) is 0. The molecule has 0 aromatic carbocycles. The summed E-state index contributed by atoms with van der Waals surface area (Å²) >= 11 is 0. The molecule has 1 atom stereocenters. The highest BCUT2D eigenvalue weighted by molar-refractivity contribution is 5.71. The van der Waals surface area contributed by atoms with Gasteiger partial charge in [0.05, 0.1) is 0 Å². The Hall–Kier alpha value is -3.15.